The predicted octanol–water partition coefficient (Wildman–Crippen LogP) is 31.3. The van der Waals surface area contributed by atoms with Crippen molar-refractivity contribution in [2.24, 2.45) is 35.0 Å². The van der Waals surface area contributed by atoms with Gasteiger partial charge in [-0.05, 0) is 58.3 Å². The third kappa shape index (κ3) is 169. The van der Waals surface area contributed by atoms with Crippen LogP contribution in [-0.2, 0) is 9.47 Å². The summed E-state index contributed by atoms with van der Waals surface area (Å²) in [7, 11) is -8.10. The van der Waals surface area contributed by atoms with E-state index in [4.69, 9.17) is 0 Å². The third-order valence-electron chi connectivity index (χ3n) is 8.75. The number of thioether (sulfide) groups is 2. The van der Waals surface area contributed by atoms with Crippen LogP contribution in [0.5, 0.6) is 0 Å². The van der Waals surface area contributed by atoms with Crippen molar-refractivity contribution in [1.29, 1.82) is 0 Å². The van der Waals surface area contributed by atoms with Crippen LogP contribution in [0.4, 0.5) is 125 Å². The van der Waals surface area contributed by atoms with Crippen molar-refractivity contribution in [3.63, 3.8) is 0 Å². The Morgan fingerprint density at radius 3 is 0.652 bits per heavy atom. The quantitative estimate of drug-likeness (QED) is 0.159. The van der Waals surface area contributed by atoms with Gasteiger partial charge < -0.3 is 4.74 Å². The van der Waals surface area contributed by atoms with Crippen LogP contribution in [0.2, 0.25) is 0 Å². The predicted molar refractivity (Wildman–Crippen MR) is 343 cm³/mol. The highest BCUT2D eigenvalue weighted by Gasteiger charge is 2.59. The molecule has 4 aliphatic carbocycles. The summed E-state index contributed by atoms with van der Waals surface area (Å²) in [4.78, 5) is 1.97. The molecule has 0 aromatic rings. The first-order valence-corrected chi connectivity index (χ1v) is 36.5. The molecule has 0 N–H and O–H groups in total. The lowest BCUT2D eigenvalue weighted by Crippen LogP contribution is -2.37. The van der Waals surface area contributed by atoms with Crippen LogP contribution in [0.15, 0.2) is 0 Å². The Morgan fingerprint density at radius 2 is 0.630 bits per heavy atom. The van der Waals surface area contributed by atoms with Gasteiger partial charge in [-0.2, -0.15) is 92.2 Å². The average molecular weight is 1670 g/mol. The first kappa shape index (κ1) is 125. The maximum Gasteiger partial charge on any atom is 0.522 e. The number of alkyl halides is 26. The maximum atomic E-state index is 11.5. The van der Waals surface area contributed by atoms with Crippen LogP contribution in [0.25, 0.3) is 0 Å². The largest absolute Gasteiger partial charge is 0.522 e. The molecule has 4 fully saturated rings. The van der Waals surface area contributed by atoms with E-state index in [0.29, 0.717) is 18.8 Å². The number of hydrogen-bond acceptors (Lipinski definition) is 4. The van der Waals surface area contributed by atoms with Crippen molar-refractivity contribution in [3.8, 4) is 0 Å². The first-order valence-electron chi connectivity index (χ1n) is 27.9. The van der Waals surface area contributed by atoms with E-state index in [-0.39, 0.29) is 40.1 Å². The monoisotopic (exact) mass is 1670 g/mol. The molecule has 584 valence electrons. The van der Waals surface area contributed by atoms with E-state index in [2.05, 4.69) is 138 Å². The second-order valence-electron chi connectivity index (χ2n) is 21.6. The Bertz CT molecular complexity index is 1370. The van der Waals surface area contributed by atoms with Gasteiger partial charge in [-0.15, -0.1) is 13.2 Å². The molecule has 2 nitrogen and oxygen atoms in total. The summed E-state index contributed by atoms with van der Waals surface area (Å²) < 4.78 is 320. The molecule has 0 aliphatic heterocycles. The topological polar surface area (TPSA) is 18.5 Å². The molecule has 4 aliphatic rings. The third-order valence-corrected chi connectivity index (χ3v) is 9.95. The minimum absolute atomic E-state index is 0. The zero-order valence-electron chi connectivity index (χ0n) is 57.0. The lowest BCUT2D eigenvalue weighted by Gasteiger charge is -2.35. The van der Waals surface area contributed by atoms with Crippen LogP contribution >= 0.6 is 72.3 Å². The highest BCUT2D eigenvalue weighted by molar-refractivity contribution is 14.1. The maximum absolute atomic E-state index is 11.5. The van der Waals surface area contributed by atoms with E-state index in [0.717, 1.165) is 35.8 Å². The normalized spacial score (nSPS) is 15.7. The number of hydrogen-bond donors (Lipinski definition) is 0. The highest BCUT2D eigenvalue weighted by atomic mass is 127. The summed E-state index contributed by atoms with van der Waals surface area (Å²) in [6.07, 6.45) is -5.82. The van der Waals surface area contributed by atoms with Gasteiger partial charge >= 0.3 is 53.9 Å². The lowest BCUT2D eigenvalue weighted by molar-refractivity contribution is -0.383. The summed E-state index contributed by atoms with van der Waals surface area (Å²) in [6, 6.07) is 0. The molecule has 36 heteroatoms. The molecule has 0 saturated heterocycles. The van der Waals surface area contributed by atoms with Gasteiger partial charge in [0.2, 0.25) is 0 Å². The molecular formula is C56H113BrF29IO2S3. The van der Waals surface area contributed by atoms with E-state index >= 15 is 0 Å². The fourth-order valence-corrected chi connectivity index (χ4v) is 3.68. The molecule has 0 heterocycles. The molecule has 0 radical (unpaired) electrons. The van der Waals surface area contributed by atoms with Gasteiger partial charge in [-0.1, -0.05) is 295 Å². The van der Waals surface area contributed by atoms with Crippen LogP contribution in [0, 0.1) is 35.0 Å². The molecule has 0 atom stereocenters. The van der Waals surface area contributed by atoms with E-state index < -0.39 is 82.1 Å². The van der Waals surface area contributed by atoms with Crippen LogP contribution in [-0.4, -0.2) is 97.6 Å². The van der Waals surface area contributed by atoms with Crippen molar-refractivity contribution >= 4 is 72.3 Å². The zero-order valence-corrected chi connectivity index (χ0v) is 63.2. The van der Waals surface area contributed by atoms with Gasteiger partial charge in [0.05, 0.1) is 6.26 Å². The van der Waals surface area contributed by atoms with Crippen molar-refractivity contribution in [2.45, 2.75) is 282 Å². The lowest BCUT2D eigenvalue weighted by atomic mass is 9.88. The SMILES string of the molecule is C.CBr.CC.CC(C)(C)C.CC(F)(F)C(F)(F)F.CC(F)(F)F.CC1CC1.CC1CCC1.CC1CCCC1.CC1CCCCC1.CCC.CCC(C)C.CI.COC(F)(F)C(F)(F)F.COC(F)(F)F.CS(F)(F)(F)(F)F.CSC(F)(F)C(F)(F)F.CSC(F)(F)F. The van der Waals surface area contributed by atoms with Crippen molar-refractivity contribution in [2.75, 3.05) is 43.8 Å². The minimum Gasteiger partial charge on any atom is -0.317 e. The Kier molecular flexibility index (Phi) is 83.2. The molecule has 0 bridgehead atoms. The molecule has 4 rings (SSSR count). The second-order valence-corrected chi connectivity index (χ2v) is 26.1. The molecule has 92 heavy (non-hydrogen) atoms. The summed E-state index contributed by atoms with van der Waals surface area (Å²) in [5.74, 6) is 2.36. The number of ether oxygens (including phenoxy) is 2. The van der Waals surface area contributed by atoms with Crippen molar-refractivity contribution in [1.82, 2.24) is 0 Å². The van der Waals surface area contributed by atoms with E-state index in [1.165, 1.54) is 103 Å². The summed E-state index contributed by atoms with van der Waals surface area (Å²) >= 11 is 4.45. The van der Waals surface area contributed by atoms with Gasteiger partial charge in [0.25, 0.3) is 10.2 Å². The molecule has 0 spiro atoms. The minimum atomic E-state index is -8.97. The van der Waals surface area contributed by atoms with E-state index in [1.54, 1.807) is 0 Å². The fraction of sp³-hybridized carbons (Fsp3) is 1.00. The van der Waals surface area contributed by atoms with Gasteiger partial charge in [-0.25, -0.2) is 0 Å². The number of rotatable bonds is 3. The average Bonchev–Trinajstić information content (AvgIpc) is 3.98. The molecular weight excluding hydrogens is 1560 g/mol. The summed E-state index contributed by atoms with van der Waals surface area (Å²) in [5.41, 5.74) is -3.54. The Labute approximate surface area is 564 Å². The van der Waals surface area contributed by atoms with Crippen molar-refractivity contribution < 1.29 is 134 Å². The molecule has 0 amide bonds. The Balaban J connectivity index is -0.0000000593. The van der Waals surface area contributed by atoms with Crippen LogP contribution in [0.3, 0.4) is 0 Å². The zero-order chi connectivity index (χ0) is 77.4. The van der Waals surface area contributed by atoms with Crippen molar-refractivity contribution in [3.05, 3.63) is 0 Å². The van der Waals surface area contributed by atoms with Gasteiger partial charge in [-0.3, -0.25) is 4.74 Å². The standard InChI is InChI=1S/C7H14.C6H12.C5H10.2C5H12.C4H8.C3H3F5O.C3H3F5S.C3H3F5.C3H8.C2H3F3O.C2H3F3S.C2H3F3.C2H6.CH3Br.CH3F5S.CH3I.CH4/c1-7-5-3-2-4-6-7;1-6-4-2-3-5-6;1-5-3-2-4-5;1-5(2,3)4;1-4-5(2)3;1-4-2-3-4;2*1-9-3(7,8)2(4,5)6;1-2(4,5)3(6,7)8;1-3-2;2*1-6-2(3,4)5;1-2(3,4)5;2*1-2;1-7(2,3,4,5)6;1-2;/h7H,2-6H2,1H3;6H,2-5H2,1H3;5H,2-4H2,1H3;1-4H3;5H,4H2,1-3H3;4H,2-3H2,1H3;2*1H3;1H3;3H2,1-2H3;2*1H3;1H3;1-2H3;1H3;1H3;1H3;1H4. The Hall–Kier alpha value is 0.150. The Morgan fingerprint density at radius 1 is 0.457 bits per heavy atom. The summed E-state index contributed by atoms with van der Waals surface area (Å²) in [6.45, 7) is 32.9. The molecule has 0 aromatic heterocycles. The van der Waals surface area contributed by atoms with Crippen LogP contribution in [0.1, 0.15) is 228 Å². The van der Waals surface area contributed by atoms with Gasteiger partial charge in [0, 0.05) is 28.1 Å². The van der Waals surface area contributed by atoms with Crippen LogP contribution < -0.4 is 0 Å². The second kappa shape index (κ2) is 61.1. The number of methoxy groups -OCH3 is 2. The highest BCUT2D eigenvalue weighted by Crippen LogP contribution is 2.95. The molecule has 0 aromatic carbocycles. The fourth-order valence-electron chi connectivity index (χ4n) is 3.45. The number of halogens is 31. The first-order chi connectivity index (χ1) is 39.7. The van der Waals surface area contributed by atoms with Gasteiger partial charge in [0.1, 0.15) is 0 Å². The van der Waals surface area contributed by atoms with Gasteiger partial charge in [0.15, 0.2) is 0 Å². The summed E-state index contributed by atoms with van der Waals surface area (Å²) in [5, 5.41) is -4.60. The van der Waals surface area contributed by atoms with E-state index in [9.17, 15) is 125 Å². The van der Waals surface area contributed by atoms with E-state index in [1.807, 2.05) is 24.6 Å². The molecule has 4 saturated carbocycles. The molecule has 0 unspecified atom stereocenters. The smallest absolute Gasteiger partial charge is 0.317 e.